The normalized spacial score (nSPS) is 19.7. The van der Waals surface area contributed by atoms with Crippen LogP contribution in [0.25, 0.3) is 0 Å². The molecule has 0 aliphatic carbocycles. The fourth-order valence-electron chi connectivity index (χ4n) is 1.42. The number of ether oxygens (including phenoxy) is 1. The van der Waals surface area contributed by atoms with Gasteiger partial charge in [-0.3, -0.25) is 0 Å². The molecule has 0 N–H and O–H groups in total. The lowest BCUT2D eigenvalue weighted by molar-refractivity contribution is 0.192. The lowest BCUT2D eigenvalue weighted by Gasteiger charge is -1.97. The van der Waals surface area contributed by atoms with E-state index in [-0.39, 0.29) is 0 Å². The maximum Gasteiger partial charge on any atom is 0.0604 e. The minimum absolute atomic E-state index is 0.361. The Morgan fingerprint density at radius 1 is 1.47 bits per heavy atom. The molecule has 1 saturated heterocycles. The molecule has 1 unspecified atom stereocenters. The van der Waals surface area contributed by atoms with Crippen molar-refractivity contribution in [1.82, 2.24) is 0 Å². The van der Waals surface area contributed by atoms with E-state index in [0.29, 0.717) is 10.9 Å². The smallest absolute Gasteiger partial charge is 0.0604 e. The Morgan fingerprint density at radius 3 is 3.07 bits per heavy atom. The van der Waals surface area contributed by atoms with Crippen molar-refractivity contribution in [2.75, 3.05) is 13.2 Å². The van der Waals surface area contributed by atoms with Crippen LogP contribution in [-0.2, 0) is 4.74 Å². The van der Waals surface area contributed by atoms with Crippen LogP contribution < -0.4 is 0 Å². The minimum Gasteiger partial charge on any atom is -0.380 e. The predicted molar refractivity (Wildman–Crippen MR) is 65.0 cm³/mol. The van der Waals surface area contributed by atoms with Crippen molar-refractivity contribution < 1.29 is 4.74 Å². The van der Waals surface area contributed by atoms with Crippen LogP contribution >= 0.6 is 27.5 Å². The predicted octanol–water partition coefficient (Wildman–Crippen LogP) is 3.49. The highest BCUT2D eigenvalue weighted by molar-refractivity contribution is 9.10. The first-order valence-electron chi connectivity index (χ1n) is 4.80. The van der Waals surface area contributed by atoms with Gasteiger partial charge in [0.2, 0.25) is 0 Å². The molecule has 0 amide bonds. The van der Waals surface area contributed by atoms with Gasteiger partial charge in [-0.25, -0.2) is 0 Å². The van der Waals surface area contributed by atoms with E-state index in [1.165, 1.54) is 0 Å². The molecule has 1 aromatic carbocycles. The zero-order chi connectivity index (χ0) is 10.7. The molecule has 0 spiro atoms. The largest absolute Gasteiger partial charge is 0.380 e. The van der Waals surface area contributed by atoms with Gasteiger partial charge in [-0.15, -0.1) is 0 Å². The molecule has 1 atom stereocenters. The van der Waals surface area contributed by atoms with Gasteiger partial charge in [0.25, 0.3) is 0 Å². The van der Waals surface area contributed by atoms with Crippen LogP contribution in [-0.4, -0.2) is 13.2 Å². The molecule has 0 saturated carbocycles. The molecule has 1 nitrogen and oxygen atoms in total. The van der Waals surface area contributed by atoms with Crippen molar-refractivity contribution in [1.29, 1.82) is 0 Å². The summed E-state index contributed by atoms with van der Waals surface area (Å²) in [5.41, 5.74) is 0.873. The lowest BCUT2D eigenvalue weighted by Crippen LogP contribution is -1.93. The van der Waals surface area contributed by atoms with Gasteiger partial charge in [0.05, 0.1) is 11.6 Å². The second kappa shape index (κ2) is 5.03. The van der Waals surface area contributed by atoms with Crippen LogP contribution in [0.4, 0.5) is 0 Å². The molecule has 0 aromatic heterocycles. The molecule has 1 fully saturated rings. The van der Waals surface area contributed by atoms with E-state index in [4.69, 9.17) is 16.3 Å². The van der Waals surface area contributed by atoms with Crippen molar-refractivity contribution in [3.05, 3.63) is 33.3 Å². The van der Waals surface area contributed by atoms with Crippen molar-refractivity contribution in [2.24, 2.45) is 5.92 Å². The first-order valence-corrected chi connectivity index (χ1v) is 5.97. The molecule has 2 rings (SSSR count). The zero-order valence-electron chi connectivity index (χ0n) is 8.09. The number of rotatable bonds is 0. The van der Waals surface area contributed by atoms with Crippen molar-refractivity contribution in [2.45, 2.75) is 6.42 Å². The molecule has 1 aliphatic rings. The highest BCUT2D eigenvalue weighted by Crippen LogP contribution is 2.20. The number of benzene rings is 1. The molecular weight excluding hydrogens is 275 g/mol. The van der Waals surface area contributed by atoms with Gasteiger partial charge in [-0.05, 0) is 24.6 Å². The Morgan fingerprint density at radius 2 is 2.33 bits per heavy atom. The Balaban J connectivity index is 2.18. The third-order valence-electron chi connectivity index (χ3n) is 2.27. The fourth-order valence-corrected chi connectivity index (χ4v) is 1.95. The number of hydrogen-bond donors (Lipinski definition) is 0. The van der Waals surface area contributed by atoms with Crippen LogP contribution in [0.5, 0.6) is 0 Å². The summed E-state index contributed by atoms with van der Waals surface area (Å²) in [4.78, 5) is 0. The summed E-state index contributed by atoms with van der Waals surface area (Å²) in [6.45, 7) is 1.57. The maximum atomic E-state index is 6.03. The van der Waals surface area contributed by atoms with E-state index in [9.17, 15) is 0 Å². The van der Waals surface area contributed by atoms with Crippen molar-refractivity contribution >= 4 is 27.5 Å². The third-order valence-corrected chi connectivity index (χ3v) is 3.09. The Labute approximate surface area is 103 Å². The first kappa shape index (κ1) is 11.0. The van der Waals surface area contributed by atoms with Gasteiger partial charge in [0.1, 0.15) is 0 Å². The fraction of sp³-hybridized carbons (Fsp3) is 0.333. The monoisotopic (exact) mass is 284 g/mol. The second-order valence-electron chi connectivity index (χ2n) is 3.45. The van der Waals surface area contributed by atoms with Crippen LogP contribution in [0.3, 0.4) is 0 Å². The third kappa shape index (κ3) is 2.98. The summed E-state index contributed by atoms with van der Waals surface area (Å²) in [7, 11) is 0. The second-order valence-corrected chi connectivity index (χ2v) is 4.78. The van der Waals surface area contributed by atoms with Crippen LogP contribution in [0, 0.1) is 17.8 Å². The van der Waals surface area contributed by atoms with Gasteiger partial charge in [0, 0.05) is 22.6 Å². The first-order chi connectivity index (χ1) is 7.25. The van der Waals surface area contributed by atoms with E-state index < -0.39 is 0 Å². The summed E-state index contributed by atoms with van der Waals surface area (Å²) in [5.74, 6) is 6.65. The van der Waals surface area contributed by atoms with Crippen molar-refractivity contribution in [3.8, 4) is 11.8 Å². The SMILES string of the molecule is Clc1ccc(Br)cc1C#CC1CCOC1. The van der Waals surface area contributed by atoms with E-state index in [1.807, 2.05) is 18.2 Å². The molecule has 15 heavy (non-hydrogen) atoms. The Bertz CT molecular complexity index is 413. The number of hydrogen-bond acceptors (Lipinski definition) is 1. The highest BCUT2D eigenvalue weighted by Gasteiger charge is 2.12. The van der Waals surface area contributed by atoms with E-state index in [1.54, 1.807) is 0 Å². The van der Waals surface area contributed by atoms with E-state index in [2.05, 4.69) is 27.8 Å². The Kier molecular flexibility index (Phi) is 3.69. The number of halogens is 2. The molecule has 78 valence electrons. The molecule has 3 heteroatoms. The highest BCUT2D eigenvalue weighted by atomic mass is 79.9. The zero-order valence-corrected chi connectivity index (χ0v) is 10.4. The lowest BCUT2D eigenvalue weighted by atomic mass is 10.1. The molecule has 0 radical (unpaired) electrons. The van der Waals surface area contributed by atoms with Crippen LogP contribution in [0.2, 0.25) is 5.02 Å². The summed E-state index contributed by atoms with van der Waals surface area (Å²) < 4.78 is 6.25. The quantitative estimate of drug-likeness (QED) is 0.663. The van der Waals surface area contributed by atoms with Gasteiger partial charge in [-0.1, -0.05) is 39.4 Å². The molecule has 0 bridgehead atoms. The van der Waals surface area contributed by atoms with Crippen molar-refractivity contribution in [3.63, 3.8) is 0 Å². The standard InChI is InChI=1S/C12H10BrClO/c13-11-3-4-12(14)10(7-11)2-1-9-5-6-15-8-9/h3-4,7,9H,5-6,8H2. The topological polar surface area (TPSA) is 9.23 Å². The summed E-state index contributed by atoms with van der Waals surface area (Å²) in [5, 5.41) is 0.699. The summed E-state index contributed by atoms with van der Waals surface area (Å²) in [6.07, 6.45) is 1.03. The summed E-state index contributed by atoms with van der Waals surface area (Å²) >= 11 is 9.43. The molecule has 1 heterocycles. The molecular formula is C12H10BrClO. The average molecular weight is 286 g/mol. The van der Waals surface area contributed by atoms with E-state index >= 15 is 0 Å². The molecule has 1 aliphatic heterocycles. The van der Waals surface area contributed by atoms with Gasteiger partial charge in [-0.2, -0.15) is 0 Å². The van der Waals surface area contributed by atoms with Gasteiger partial charge < -0.3 is 4.74 Å². The van der Waals surface area contributed by atoms with Gasteiger partial charge in [0.15, 0.2) is 0 Å². The van der Waals surface area contributed by atoms with Crippen LogP contribution in [0.1, 0.15) is 12.0 Å². The van der Waals surface area contributed by atoms with E-state index in [0.717, 1.165) is 29.7 Å². The maximum absolute atomic E-state index is 6.03. The summed E-state index contributed by atoms with van der Waals surface area (Å²) in [6, 6.07) is 5.69. The minimum atomic E-state index is 0.361. The average Bonchev–Trinajstić information content (AvgIpc) is 2.72. The molecule has 1 aromatic rings. The Hall–Kier alpha value is -0.490. The van der Waals surface area contributed by atoms with Crippen LogP contribution in [0.15, 0.2) is 22.7 Å². The van der Waals surface area contributed by atoms with Gasteiger partial charge >= 0.3 is 0 Å².